The van der Waals surface area contributed by atoms with Crippen LogP contribution in [0.3, 0.4) is 0 Å². The van der Waals surface area contributed by atoms with E-state index in [2.05, 4.69) is 10.3 Å². The first-order valence-electron chi connectivity index (χ1n) is 11.2. The minimum Gasteiger partial charge on any atom is -0.492 e. The van der Waals surface area contributed by atoms with Crippen LogP contribution in [0.4, 0.5) is 19.3 Å². The Balaban J connectivity index is 1.40. The number of halogens is 2. The summed E-state index contributed by atoms with van der Waals surface area (Å²) in [6, 6.07) is 15.3. The maximum absolute atomic E-state index is 14.2. The zero-order chi connectivity index (χ0) is 23.7. The van der Waals surface area contributed by atoms with Crippen molar-refractivity contribution >= 4 is 22.8 Å². The summed E-state index contributed by atoms with van der Waals surface area (Å²) in [5.41, 5.74) is 2.53. The smallest absolute Gasteiger partial charge is 0.322 e. The summed E-state index contributed by atoms with van der Waals surface area (Å²) in [5.74, 6) is -0.238. The van der Waals surface area contributed by atoms with Gasteiger partial charge < -0.3 is 19.4 Å². The highest BCUT2D eigenvalue weighted by molar-refractivity contribution is 5.91. The van der Waals surface area contributed by atoms with Crippen LogP contribution in [0.1, 0.15) is 31.7 Å². The van der Waals surface area contributed by atoms with Gasteiger partial charge in [-0.2, -0.15) is 0 Å². The van der Waals surface area contributed by atoms with Gasteiger partial charge in [0.05, 0.1) is 12.3 Å². The molecule has 174 valence electrons. The molecule has 0 radical (unpaired) electrons. The second-order valence-electron chi connectivity index (χ2n) is 8.07. The van der Waals surface area contributed by atoms with Crippen LogP contribution < -0.4 is 10.1 Å². The Bertz CT molecular complexity index is 1350. The number of fused-ring (bicyclic) bond motifs is 1. The fraction of sp³-hybridized carbons (Fsp3) is 0.231. The van der Waals surface area contributed by atoms with E-state index in [0.717, 1.165) is 12.5 Å². The van der Waals surface area contributed by atoms with Gasteiger partial charge in [-0.05, 0) is 61.7 Å². The van der Waals surface area contributed by atoms with E-state index < -0.39 is 11.6 Å². The van der Waals surface area contributed by atoms with Gasteiger partial charge in [-0.15, -0.1) is 0 Å². The topological polar surface area (TPSA) is 67.6 Å². The van der Waals surface area contributed by atoms with Gasteiger partial charge >= 0.3 is 6.03 Å². The van der Waals surface area contributed by atoms with Crippen LogP contribution in [-0.2, 0) is 0 Å². The third kappa shape index (κ3) is 4.19. The number of hydrogen-bond donors (Lipinski definition) is 1. The van der Waals surface area contributed by atoms with E-state index in [0.29, 0.717) is 53.6 Å². The van der Waals surface area contributed by atoms with Crippen molar-refractivity contribution in [2.75, 3.05) is 18.5 Å². The van der Waals surface area contributed by atoms with Gasteiger partial charge in [-0.25, -0.2) is 18.6 Å². The van der Waals surface area contributed by atoms with E-state index >= 15 is 0 Å². The van der Waals surface area contributed by atoms with E-state index in [1.165, 1.54) is 12.1 Å². The normalized spacial score (nSPS) is 15.6. The van der Waals surface area contributed by atoms with E-state index in [1.807, 2.05) is 25.1 Å². The third-order valence-corrected chi connectivity index (χ3v) is 5.87. The third-order valence-electron chi connectivity index (χ3n) is 5.87. The Kier molecular flexibility index (Phi) is 5.88. The number of aromatic nitrogens is 1. The molecule has 1 saturated heterocycles. The molecule has 4 aromatic rings. The van der Waals surface area contributed by atoms with Crippen molar-refractivity contribution in [3.05, 3.63) is 78.2 Å². The first-order valence-corrected chi connectivity index (χ1v) is 11.2. The van der Waals surface area contributed by atoms with Crippen molar-refractivity contribution in [3.8, 4) is 16.9 Å². The molecule has 1 fully saturated rings. The van der Waals surface area contributed by atoms with Gasteiger partial charge in [0.15, 0.2) is 5.58 Å². The number of anilines is 1. The molecule has 1 aliphatic heterocycles. The summed E-state index contributed by atoms with van der Waals surface area (Å²) in [6.07, 6.45) is 1.53. The van der Waals surface area contributed by atoms with E-state index in [9.17, 15) is 13.6 Å². The summed E-state index contributed by atoms with van der Waals surface area (Å²) in [7, 11) is 0. The highest BCUT2D eigenvalue weighted by Crippen LogP contribution is 2.35. The number of hydrogen-bond acceptors (Lipinski definition) is 4. The Labute approximate surface area is 195 Å². The van der Waals surface area contributed by atoms with Gasteiger partial charge in [0.2, 0.25) is 5.89 Å². The molecule has 1 aliphatic rings. The lowest BCUT2D eigenvalue weighted by atomic mass is 10.0. The molecule has 6 nitrogen and oxygen atoms in total. The minimum atomic E-state index is -0.644. The second kappa shape index (κ2) is 9.13. The number of urea groups is 1. The van der Waals surface area contributed by atoms with Crippen LogP contribution in [0.5, 0.6) is 5.75 Å². The first-order chi connectivity index (χ1) is 16.5. The summed E-state index contributed by atoms with van der Waals surface area (Å²) in [4.78, 5) is 19.4. The van der Waals surface area contributed by atoms with E-state index in [-0.39, 0.29) is 17.6 Å². The van der Waals surface area contributed by atoms with Crippen molar-refractivity contribution in [2.24, 2.45) is 0 Å². The summed E-state index contributed by atoms with van der Waals surface area (Å²) < 4.78 is 39.1. The average Bonchev–Trinajstić information content (AvgIpc) is 3.47. The standard InChI is InChI=1S/C26H23F2N3O3/c1-2-33-23-8-4-3-6-20(23)30-26(32)31-13-5-7-22(31)25-29-21-14-16(9-12-24(21)34-25)18-11-10-17(27)15-19(18)28/h3-4,6,8-12,14-15,22H,2,5,7,13H2,1H3,(H,30,32)/t22-/m0/s1. The molecular weight excluding hydrogens is 440 g/mol. The number of rotatable bonds is 5. The molecule has 0 spiro atoms. The molecule has 0 saturated carbocycles. The van der Waals surface area contributed by atoms with Crippen molar-refractivity contribution in [2.45, 2.75) is 25.8 Å². The summed E-state index contributed by atoms with van der Waals surface area (Å²) in [5, 5.41) is 2.93. The van der Waals surface area contributed by atoms with Crippen LogP contribution in [0.2, 0.25) is 0 Å². The summed E-state index contributed by atoms with van der Waals surface area (Å²) in [6.45, 7) is 2.95. The van der Waals surface area contributed by atoms with E-state index in [1.54, 1.807) is 29.2 Å². The monoisotopic (exact) mass is 463 g/mol. The largest absolute Gasteiger partial charge is 0.492 e. The molecule has 0 unspecified atom stereocenters. The van der Waals surface area contributed by atoms with Crippen molar-refractivity contribution in [1.82, 2.24) is 9.88 Å². The maximum atomic E-state index is 14.2. The predicted octanol–water partition coefficient (Wildman–Crippen LogP) is 6.54. The number of benzene rings is 3. The molecule has 8 heteroatoms. The lowest BCUT2D eigenvalue weighted by molar-refractivity contribution is 0.198. The quantitative estimate of drug-likeness (QED) is 0.365. The number of ether oxygens (including phenoxy) is 1. The minimum absolute atomic E-state index is 0.258. The lowest BCUT2D eigenvalue weighted by Gasteiger charge is -2.23. The highest BCUT2D eigenvalue weighted by atomic mass is 19.1. The van der Waals surface area contributed by atoms with Gasteiger partial charge in [-0.1, -0.05) is 18.2 Å². The summed E-state index contributed by atoms with van der Waals surface area (Å²) >= 11 is 0. The fourth-order valence-electron chi connectivity index (χ4n) is 4.28. The van der Waals surface area contributed by atoms with Crippen LogP contribution in [0.15, 0.2) is 65.1 Å². The SMILES string of the molecule is CCOc1ccccc1NC(=O)N1CCC[C@H]1c1nc2cc(-c3ccc(F)cc3F)ccc2o1. The lowest BCUT2D eigenvalue weighted by Crippen LogP contribution is -2.34. The molecule has 5 rings (SSSR count). The van der Waals surface area contributed by atoms with Crippen molar-refractivity contribution in [3.63, 3.8) is 0 Å². The Hall–Kier alpha value is -3.94. The highest BCUT2D eigenvalue weighted by Gasteiger charge is 2.34. The number of para-hydroxylation sites is 2. The number of nitrogens with zero attached hydrogens (tertiary/aromatic N) is 2. The van der Waals surface area contributed by atoms with Gasteiger partial charge in [0, 0.05) is 18.2 Å². The molecule has 1 aromatic heterocycles. The number of nitrogens with one attached hydrogen (secondary N) is 1. The van der Waals surface area contributed by atoms with Gasteiger partial charge in [-0.3, -0.25) is 0 Å². The molecule has 0 bridgehead atoms. The van der Waals surface area contributed by atoms with Crippen LogP contribution in [0, 0.1) is 11.6 Å². The number of carbonyl (C=O) groups excluding carboxylic acids is 1. The molecule has 2 heterocycles. The number of oxazole rings is 1. The Morgan fingerprint density at radius 3 is 2.85 bits per heavy atom. The first kappa shape index (κ1) is 21.9. The number of amides is 2. The fourth-order valence-corrected chi connectivity index (χ4v) is 4.28. The van der Waals surface area contributed by atoms with Gasteiger partial charge in [0.25, 0.3) is 0 Å². The zero-order valence-corrected chi connectivity index (χ0v) is 18.6. The van der Waals surface area contributed by atoms with Crippen molar-refractivity contribution in [1.29, 1.82) is 0 Å². The average molecular weight is 463 g/mol. The Morgan fingerprint density at radius 2 is 2.03 bits per heavy atom. The molecule has 34 heavy (non-hydrogen) atoms. The molecule has 3 aromatic carbocycles. The number of likely N-dealkylation sites (tertiary alicyclic amines) is 1. The molecular formula is C26H23F2N3O3. The molecule has 0 aliphatic carbocycles. The maximum Gasteiger partial charge on any atom is 0.322 e. The molecule has 2 amide bonds. The predicted molar refractivity (Wildman–Crippen MR) is 125 cm³/mol. The van der Waals surface area contributed by atoms with Crippen LogP contribution >= 0.6 is 0 Å². The van der Waals surface area contributed by atoms with Crippen molar-refractivity contribution < 1.29 is 22.7 Å². The van der Waals surface area contributed by atoms with Crippen LogP contribution in [-0.4, -0.2) is 29.1 Å². The van der Waals surface area contributed by atoms with Crippen LogP contribution in [0.25, 0.3) is 22.2 Å². The Morgan fingerprint density at radius 1 is 1.18 bits per heavy atom. The molecule has 1 N–H and O–H groups in total. The van der Waals surface area contributed by atoms with Gasteiger partial charge in [0.1, 0.15) is 28.9 Å². The number of carbonyl (C=O) groups is 1. The van der Waals surface area contributed by atoms with E-state index in [4.69, 9.17) is 9.15 Å². The second-order valence-corrected chi connectivity index (χ2v) is 8.07. The zero-order valence-electron chi connectivity index (χ0n) is 18.6. The molecule has 1 atom stereocenters.